The molecule has 29 heavy (non-hydrogen) atoms. The van der Waals surface area contributed by atoms with Gasteiger partial charge in [-0.25, -0.2) is 4.79 Å². The van der Waals surface area contributed by atoms with E-state index in [0.717, 1.165) is 31.1 Å². The van der Waals surface area contributed by atoms with E-state index >= 15 is 0 Å². The number of hydrogen-bond donors (Lipinski definition) is 1. The average molecular weight is 396 g/mol. The molecule has 0 spiro atoms. The molecule has 0 aromatic heterocycles. The summed E-state index contributed by atoms with van der Waals surface area (Å²) in [6.07, 6.45) is 2.48. The van der Waals surface area contributed by atoms with Crippen LogP contribution in [0.3, 0.4) is 0 Å². The largest absolute Gasteiger partial charge is 0.463 e. The third-order valence-electron chi connectivity index (χ3n) is 5.70. The molecule has 1 aromatic carbocycles. The van der Waals surface area contributed by atoms with Crippen molar-refractivity contribution in [3.63, 3.8) is 0 Å². The predicted octanol–water partition coefficient (Wildman–Crippen LogP) is 3.56. The Labute approximate surface area is 172 Å². The highest BCUT2D eigenvalue weighted by atomic mass is 16.5. The van der Waals surface area contributed by atoms with Crippen LogP contribution in [0.2, 0.25) is 0 Å². The van der Waals surface area contributed by atoms with Crippen molar-refractivity contribution in [3.8, 4) is 6.07 Å². The summed E-state index contributed by atoms with van der Waals surface area (Å²) in [5.74, 6) is 0.144. The predicted molar refractivity (Wildman–Crippen MR) is 110 cm³/mol. The summed E-state index contributed by atoms with van der Waals surface area (Å²) in [4.78, 5) is 15.0. The molecule has 1 unspecified atom stereocenters. The van der Waals surface area contributed by atoms with Gasteiger partial charge in [0.1, 0.15) is 17.4 Å². The maximum atomic E-state index is 12.6. The molecule has 1 atom stereocenters. The van der Waals surface area contributed by atoms with E-state index in [1.54, 1.807) is 13.8 Å². The first kappa shape index (κ1) is 20.9. The number of nitrogens with two attached hydrogens (primary N) is 1. The third kappa shape index (κ3) is 4.63. The van der Waals surface area contributed by atoms with Crippen molar-refractivity contribution in [2.75, 3.05) is 19.7 Å². The molecule has 154 valence electrons. The topological polar surface area (TPSA) is 88.6 Å². The highest BCUT2D eigenvalue weighted by Crippen LogP contribution is 2.39. The maximum Gasteiger partial charge on any atom is 0.338 e. The summed E-state index contributed by atoms with van der Waals surface area (Å²) in [5.41, 5.74) is 8.55. The van der Waals surface area contributed by atoms with Gasteiger partial charge < -0.3 is 15.2 Å². The van der Waals surface area contributed by atoms with Crippen molar-refractivity contribution in [1.82, 2.24) is 4.90 Å². The van der Waals surface area contributed by atoms with Crippen LogP contribution in [0.15, 0.2) is 47.1 Å². The second-order valence-electron chi connectivity index (χ2n) is 7.82. The zero-order valence-corrected chi connectivity index (χ0v) is 17.4. The van der Waals surface area contributed by atoms with Crippen LogP contribution in [-0.2, 0) is 20.8 Å². The molecule has 6 nitrogen and oxygen atoms in total. The van der Waals surface area contributed by atoms with Crippen LogP contribution < -0.4 is 5.73 Å². The van der Waals surface area contributed by atoms with Crippen molar-refractivity contribution in [1.29, 1.82) is 5.26 Å². The number of piperidine rings is 1. The quantitative estimate of drug-likeness (QED) is 0.767. The van der Waals surface area contributed by atoms with Crippen LogP contribution >= 0.6 is 0 Å². The van der Waals surface area contributed by atoms with E-state index in [2.05, 4.69) is 30.0 Å². The summed E-state index contributed by atoms with van der Waals surface area (Å²) >= 11 is 0. The van der Waals surface area contributed by atoms with E-state index in [1.807, 2.05) is 12.1 Å². The van der Waals surface area contributed by atoms with Crippen molar-refractivity contribution >= 4 is 5.97 Å². The van der Waals surface area contributed by atoms with Gasteiger partial charge >= 0.3 is 5.97 Å². The first-order valence-corrected chi connectivity index (χ1v) is 10.2. The van der Waals surface area contributed by atoms with Crippen molar-refractivity contribution in [3.05, 3.63) is 58.2 Å². The van der Waals surface area contributed by atoms with Gasteiger partial charge in [0.15, 0.2) is 0 Å². The second-order valence-corrected chi connectivity index (χ2v) is 7.82. The van der Waals surface area contributed by atoms with Crippen molar-refractivity contribution in [2.24, 2.45) is 11.7 Å². The van der Waals surface area contributed by atoms with E-state index < -0.39 is 11.9 Å². The molecule has 0 saturated carbocycles. The zero-order chi connectivity index (χ0) is 21.0. The van der Waals surface area contributed by atoms with Gasteiger partial charge in [0, 0.05) is 6.54 Å². The standard InChI is InChI=1S/C23H29N3O3/c1-4-28-23(27)20-16(3)29-22(25)19(13-24)21(20)18-7-5-17(6-8-18)14-26-11-9-15(2)10-12-26/h5-8,15,21H,4,9-12,14,25H2,1-3H3. The van der Waals surface area contributed by atoms with Crippen LogP contribution in [0, 0.1) is 17.2 Å². The maximum absolute atomic E-state index is 12.6. The van der Waals surface area contributed by atoms with Crippen molar-refractivity contribution in [2.45, 2.75) is 46.1 Å². The number of benzene rings is 1. The van der Waals surface area contributed by atoms with Crippen LogP contribution in [-0.4, -0.2) is 30.6 Å². The highest BCUT2D eigenvalue weighted by Gasteiger charge is 2.36. The lowest BCUT2D eigenvalue weighted by atomic mass is 9.83. The number of nitrogens with zero attached hydrogens (tertiary/aromatic N) is 2. The summed E-state index contributed by atoms with van der Waals surface area (Å²) < 4.78 is 10.7. The fraction of sp³-hybridized carbons (Fsp3) is 0.478. The van der Waals surface area contributed by atoms with Gasteiger partial charge in [-0.2, -0.15) is 5.26 Å². The number of allylic oxidation sites excluding steroid dienone is 2. The fourth-order valence-corrected chi connectivity index (χ4v) is 3.98. The molecule has 0 radical (unpaired) electrons. The monoisotopic (exact) mass is 395 g/mol. The second kappa shape index (κ2) is 9.15. The Morgan fingerprint density at radius 1 is 1.31 bits per heavy atom. The fourth-order valence-electron chi connectivity index (χ4n) is 3.98. The number of rotatable bonds is 5. The molecular formula is C23H29N3O3. The molecular weight excluding hydrogens is 366 g/mol. The minimum Gasteiger partial charge on any atom is -0.463 e. The minimum atomic E-state index is -0.585. The van der Waals surface area contributed by atoms with E-state index in [4.69, 9.17) is 15.2 Å². The van der Waals surface area contributed by atoms with Gasteiger partial charge in [-0.05, 0) is 56.8 Å². The third-order valence-corrected chi connectivity index (χ3v) is 5.70. The van der Waals surface area contributed by atoms with Gasteiger partial charge in [0.05, 0.1) is 18.1 Å². The molecule has 0 amide bonds. The summed E-state index contributed by atoms with van der Waals surface area (Å²) in [7, 11) is 0. The Balaban J connectivity index is 1.86. The molecule has 3 rings (SSSR count). The van der Waals surface area contributed by atoms with Gasteiger partial charge in [0.25, 0.3) is 0 Å². The number of esters is 1. The molecule has 2 heterocycles. The van der Waals surface area contributed by atoms with Gasteiger partial charge in [-0.1, -0.05) is 31.2 Å². The molecule has 1 saturated heterocycles. The number of likely N-dealkylation sites (tertiary alicyclic amines) is 1. The Bertz CT molecular complexity index is 856. The number of ether oxygens (including phenoxy) is 2. The van der Waals surface area contributed by atoms with Crippen LogP contribution in [0.1, 0.15) is 50.7 Å². The molecule has 1 fully saturated rings. The first-order chi connectivity index (χ1) is 13.9. The molecule has 1 aromatic rings. The van der Waals surface area contributed by atoms with Gasteiger partial charge in [-0.3, -0.25) is 4.90 Å². The number of carbonyl (C=O) groups excluding carboxylic acids is 1. The molecule has 2 N–H and O–H groups in total. The Hall–Kier alpha value is -2.78. The zero-order valence-electron chi connectivity index (χ0n) is 17.4. The highest BCUT2D eigenvalue weighted by molar-refractivity contribution is 5.92. The number of hydrogen-bond acceptors (Lipinski definition) is 6. The summed E-state index contributed by atoms with van der Waals surface area (Å²) in [5, 5.41) is 9.65. The van der Waals surface area contributed by atoms with Gasteiger partial charge in [-0.15, -0.1) is 0 Å². The molecule has 6 heteroatoms. The van der Waals surface area contributed by atoms with E-state index in [9.17, 15) is 10.1 Å². The Morgan fingerprint density at radius 3 is 2.55 bits per heavy atom. The molecule has 0 bridgehead atoms. The van der Waals surface area contributed by atoms with Crippen LogP contribution in [0.25, 0.3) is 0 Å². The summed E-state index contributed by atoms with van der Waals surface area (Å²) in [6.45, 7) is 9.12. The Kier molecular flexibility index (Phi) is 6.60. The molecule has 2 aliphatic rings. The lowest BCUT2D eigenvalue weighted by Gasteiger charge is -2.30. The van der Waals surface area contributed by atoms with Crippen molar-refractivity contribution < 1.29 is 14.3 Å². The lowest BCUT2D eigenvalue weighted by Crippen LogP contribution is -2.32. The number of nitriles is 1. The molecule has 0 aliphatic carbocycles. The van der Waals surface area contributed by atoms with Crippen LogP contribution in [0.4, 0.5) is 0 Å². The van der Waals surface area contributed by atoms with Crippen LogP contribution in [0.5, 0.6) is 0 Å². The Morgan fingerprint density at radius 2 is 1.97 bits per heavy atom. The minimum absolute atomic E-state index is 0.0366. The van der Waals surface area contributed by atoms with E-state index in [1.165, 1.54) is 18.4 Å². The van der Waals surface area contributed by atoms with E-state index in [-0.39, 0.29) is 18.1 Å². The lowest BCUT2D eigenvalue weighted by molar-refractivity contribution is -0.139. The average Bonchev–Trinajstić information content (AvgIpc) is 2.70. The summed E-state index contributed by atoms with van der Waals surface area (Å²) in [6, 6.07) is 10.2. The molecule has 2 aliphatic heterocycles. The smallest absolute Gasteiger partial charge is 0.338 e. The van der Waals surface area contributed by atoms with E-state index in [0.29, 0.717) is 11.3 Å². The normalized spacial score (nSPS) is 21.0. The SMILES string of the molecule is CCOC(=O)C1=C(C)OC(N)=C(C#N)C1c1ccc(CN2CCC(C)CC2)cc1. The first-order valence-electron chi connectivity index (χ1n) is 10.2. The van der Waals surface area contributed by atoms with Gasteiger partial charge in [0.2, 0.25) is 5.88 Å². The number of carbonyl (C=O) groups is 1.